The van der Waals surface area contributed by atoms with Crippen LogP contribution in [0.1, 0.15) is 27.2 Å². The van der Waals surface area contributed by atoms with Gasteiger partial charge in [0, 0.05) is 12.6 Å². The molecule has 17 heavy (non-hydrogen) atoms. The zero-order valence-corrected chi connectivity index (χ0v) is 10.6. The van der Waals surface area contributed by atoms with Gasteiger partial charge in [-0.1, -0.05) is 6.92 Å². The van der Waals surface area contributed by atoms with Gasteiger partial charge in [-0.25, -0.2) is 0 Å². The Morgan fingerprint density at radius 1 is 1.35 bits per heavy atom. The molecule has 0 aromatic carbocycles. The molecule has 0 spiro atoms. The van der Waals surface area contributed by atoms with Crippen LogP contribution in [0.15, 0.2) is 0 Å². The van der Waals surface area contributed by atoms with Crippen LogP contribution in [0.4, 0.5) is 0 Å². The minimum absolute atomic E-state index is 0.0742. The Hall–Kier alpha value is -1.14. The number of carbonyl (C=O) groups excluding carboxylic acids is 1. The van der Waals surface area contributed by atoms with Gasteiger partial charge in [0.1, 0.15) is 0 Å². The van der Waals surface area contributed by atoms with Gasteiger partial charge in [0.25, 0.3) is 0 Å². The van der Waals surface area contributed by atoms with Crippen molar-refractivity contribution < 1.29 is 19.8 Å². The van der Waals surface area contributed by atoms with E-state index in [1.165, 1.54) is 0 Å². The van der Waals surface area contributed by atoms with Gasteiger partial charge in [0.15, 0.2) is 0 Å². The fourth-order valence-corrected chi connectivity index (χ4v) is 1.44. The molecule has 0 saturated heterocycles. The molecule has 0 bridgehead atoms. The molecule has 1 unspecified atom stereocenters. The summed E-state index contributed by atoms with van der Waals surface area (Å²) in [5.74, 6) is -1.16. The zero-order valence-electron chi connectivity index (χ0n) is 10.6. The van der Waals surface area contributed by atoms with Crippen LogP contribution in [0.3, 0.4) is 0 Å². The molecule has 6 heteroatoms. The molecule has 0 aliphatic carbocycles. The van der Waals surface area contributed by atoms with Crippen LogP contribution in [0.2, 0.25) is 0 Å². The molecule has 0 aliphatic heterocycles. The standard InChI is InChI=1S/C11H22N2O4/c1-4-13(6-9(14)5-11(16)17)7-10(15)12-8(2)3/h8-9,14H,4-7H2,1-3H3,(H,12,15)(H,16,17). The summed E-state index contributed by atoms with van der Waals surface area (Å²) in [7, 11) is 0. The smallest absolute Gasteiger partial charge is 0.306 e. The van der Waals surface area contributed by atoms with Crippen LogP contribution in [-0.2, 0) is 9.59 Å². The SMILES string of the molecule is CCN(CC(=O)NC(C)C)CC(O)CC(=O)O. The summed E-state index contributed by atoms with van der Waals surface area (Å²) in [5, 5.41) is 20.7. The third kappa shape index (κ3) is 8.65. The summed E-state index contributed by atoms with van der Waals surface area (Å²) in [6.07, 6.45) is -1.25. The molecular weight excluding hydrogens is 224 g/mol. The summed E-state index contributed by atoms with van der Waals surface area (Å²) in [6, 6.07) is 0.0742. The monoisotopic (exact) mass is 246 g/mol. The average molecular weight is 246 g/mol. The molecule has 0 radical (unpaired) electrons. The lowest BCUT2D eigenvalue weighted by Crippen LogP contribution is -2.43. The molecule has 1 atom stereocenters. The first-order valence-electron chi connectivity index (χ1n) is 5.76. The van der Waals surface area contributed by atoms with Crippen molar-refractivity contribution in [3.63, 3.8) is 0 Å². The molecule has 6 nitrogen and oxygen atoms in total. The van der Waals surface area contributed by atoms with Crippen LogP contribution in [0, 0.1) is 0 Å². The van der Waals surface area contributed by atoms with Crippen molar-refractivity contribution in [2.45, 2.75) is 39.3 Å². The van der Waals surface area contributed by atoms with Crippen LogP contribution in [0.25, 0.3) is 0 Å². The Balaban J connectivity index is 4.06. The lowest BCUT2D eigenvalue weighted by atomic mass is 10.2. The fraction of sp³-hybridized carbons (Fsp3) is 0.818. The van der Waals surface area contributed by atoms with E-state index in [-0.39, 0.29) is 31.5 Å². The van der Waals surface area contributed by atoms with E-state index in [1.807, 2.05) is 20.8 Å². The molecule has 0 fully saturated rings. The van der Waals surface area contributed by atoms with Gasteiger partial charge in [-0.2, -0.15) is 0 Å². The van der Waals surface area contributed by atoms with Crippen molar-refractivity contribution in [1.82, 2.24) is 10.2 Å². The van der Waals surface area contributed by atoms with Crippen LogP contribution in [0.5, 0.6) is 0 Å². The van der Waals surface area contributed by atoms with Gasteiger partial charge >= 0.3 is 5.97 Å². The number of hydrogen-bond donors (Lipinski definition) is 3. The van der Waals surface area contributed by atoms with E-state index in [2.05, 4.69) is 5.32 Å². The van der Waals surface area contributed by atoms with Crippen LogP contribution < -0.4 is 5.32 Å². The molecule has 100 valence electrons. The average Bonchev–Trinajstić information content (AvgIpc) is 2.13. The van der Waals surface area contributed by atoms with Crippen molar-refractivity contribution in [2.24, 2.45) is 0 Å². The first-order chi connectivity index (χ1) is 7.85. The fourth-order valence-electron chi connectivity index (χ4n) is 1.44. The quantitative estimate of drug-likeness (QED) is 0.545. The van der Waals surface area contributed by atoms with Gasteiger partial charge < -0.3 is 15.5 Å². The summed E-state index contributed by atoms with van der Waals surface area (Å²) in [4.78, 5) is 23.6. The van der Waals surface area contributed by atoms with Crippen molar-refractivity contribution in [2.75, 3.05) is 19.6 Å². The van der Waals surface area contributed by atoms with E-state index in [0.29, 0.717) is 6.54 Å². The topological polar surface area (TPSA) is 89.9 Å². The summed E-state index contributed by atoms with van der Waals surface area (Å²) >= 11 is 0. The summed E-state index contributed by atoms with van der Waals surface area (Å²) < 4.78 is 0. The molecule has 3 N–H and O–H groups in total. The predicted molar refractivity (Wildman–Crippen MR) is 63.7 cm³/mol. The lowest BCUT2D eigenvalue weighted by Gasteiger charge is -2.22. The molecule has 0 saturated carbocycles. The highest BCUT2D eigenvalue weighted by molar-refractivity contribution is 5.78. The van der Waals surface area contributed by atoms with Gasteiger partial charge in [0.2, 0.25) is 5.91 Å². The normalized spacial score (nSPS) is 12.8. The second-order valence-electron chi connectivity index (χ2n) is 4.30. The number of carboxylic acid groups (broad SMARTS) is 1. The number of aliphatic carboxylic acids is 1. The van der Waals surface area contributed by atoms with Crippen molar-refractivity contribution in [3.8, 4) is 0 Å². The number of aliphatic hydroxyl groups excluding tert-OH is 1. The number of carbonyl (C=O) groups is 2. The van der Waals surface area contributed by atoms with Gasteiger partial charge in [-0.05, 0) is 20.4 Å². The van der Waals surface area contributed by atoms with Gasteiger partial charge in [-0.15, -0.1) is 0 Å². The maximum atomic E-state index is 11.5. The van der Waals surface area contributed by atoms with Crippen LogP contribution >= 0.6 is 0 Å². The Labute approximate surface area is 102 Å². The molecule has 0 aliphatic rings. The van der Waals surface area contributed by atoms with E-state index in [0.717, 1.165) is 0 Å². The molecule has 0 aromatic rings. The van der Waals surface area contributed by atoms with E-state index < -0.39 is 12.1 Å². The first-order valence-corrected chi connectivity index (χ1v) is 5.76. The molecular formula is C11H22N2O4. The van der Waals surface area contributed by atoms with E-state index in [9.17, 15) is 14.7 Å². The molecule has 0 rings (SSSR count). The highest BCUT2D eigenvalue weighted by atomic mass is 16.4. The van der Waals surface area contributed by atoms with E-state index in [1.54, 1.807) is 4.90 Å². The molecule has 1 amide bonds. The summed E-state index contributed by atoms with van der Waals surface area (Å²) in [5.41, 5.74) is 0. The van der Waals surface area contributed by atoms with Gasteiger partial charge in [-0.3, -0.25) is 14.5 Å². The highest BCUT2D eigenvalue weighted by Gasteiger charge is 2.16. The predicted octanol–water partition coefficient (Wildman–Crippen LogP) is -0.331. The number of carboxylic acids is 1. The second kappa shape index (κ2) is 8.03. The Bertz CT molecular complexity index is 256. The maximum Gasteiger partial charge on any atom is 0.306 e. The van der Waals surface area contributed by atoms with Crippen LogP contribution in [-0.4, -0.2) is 58.8 Å². The maximum absolute atomic E-state index is 11.5. The Morgan fingerprint density at radius 3 is 2.35 bits per heavy atom. The number of likely N-dealkylation sites (N-methyl/N-ethyl adjacent to an activating group) is 1. The van der Waals surface area contributed by atoms with Gasteiger partial charge in [0.05, 0.1) is 19.1 Å². The second-order valence-corrected chi connectivity index (χ2v) is 4.30. The van der Waals surface area contributed by atoms with E-state index >= 15 is 0 Å². The largest absolute Gasteiger partial charge is 0.481 e. The molecule has 0 heterocycles. The van der Waals surface area contributed by atoms with E-state index in [4.69, 9.17) is 5.11 Å². The number of nitrogens with zero attached hydrogens (tertiary/aromatic N) is 1. The number of aliphatic hydroxyl groups is 1. The number of hydrogen-bond acceptors (Lipinski definition) is 4. The minimum atomic E-state index is -1.04. The lowest BCUT2D eigenvalue weighted by molar-refractivity contribution is -0.139. The summed E-state index contributed by atoms with van der Waals surface area (Å²) in [6.45, 7) is 6.54. The molecule has 0 aromatic heterocycles. The van der Waals surface area contributed by atoms with Crippen molar-refractivity contribution >= 4 is 11.9 Å². The van der Waals surface area contributed by atoms with Crippen molar-refractivity contribution in [1.29, 1.82) is 0 Å². The first kappa shape index (κ1) is 15.9. The number of amides is 1. The Kier molecular flexibility index (Phi) is 7.49. The Morgan fingerprint density at radius 2 is 1.94 bits per heavy atom. The minimum Gasteiger partial charge on any atom is -0.481 e. The number of rotatable bonds is 8. The highest BCUT2D eigenvalue weighted by Crippen LogP contribution is 1.97. The third-order valence-corrected chi connectivity index (χ3v) is 2.14. The zero-order chi connectivity index (χ0) is 13.4. The van der Waals surface area contributed by atoms with Crippen molar-refractivity contribution in [3.05, 3.63) is 0 Å². The third-order valence-electron chi connectivity index (χ3n) is 2.14. The number of nitrogens with one attached hydrogen (secondary N) is 1.